The molecule has 0 saturated carbocycles. The Balaban J connectivity index is 1.68. The standard InChI is InChI=1S/C15H19N5O3/c1-10-8-12(18-23-10)16-15(22)11-4-3-7-20(9-11)13-5-6-14(21)19(2)17-13/h5-6,8,11H,3-4,7,9H2,1-2H3,(H,16,18,22). The molecule has 8 heteroatoms. The van der Waals surface area contributed by atoms with Crippen molar-refractivity contribution in [2.45, 2.75) is 19.8 Å². The molecule has 1 saturated heterocycles. The highest BCUT2D eigenvalue weighted by molar-refractivity contribution is 5.92. The number of piperidine rings is 1. The number of hydrogen-bond donors (Lipinski definition) is 1. The first-order valence-corrected chi connectivity index (χ1v) is 7.56. The van der Waals surface area contributed by atoms with E-state index >= 15 is 0 Å². The Bertz CT molecular complexity index is 766. The number of rotatable bonds is 3. The lowest BCUT2D eigenvalue weighted by molar-refractivity contribution is -0.120. The zero-order valence-electron chi connectivity index (χ0n) is 13.2. The number of amides is 1. The first-order chi connectivity index (χ1) is 11.0. The lowest BCUT2D eigenvalue weighted by atomic mass is 9.97. The molecule has 1 unspecified atom stereocenters. The number of nitrogens with zero attached hydrogens (tertiary/aromatic N) is 4. The topological polar surface area (TPSA) is 93.3 Å². The number of aromatic nitrogens is 3. The second-order valence-electron chi connectivity index (χ2n) is 5.75. The number of hydrogen-bond acceptors (Lipinski definition) is 6. The maximum atomic E-state index is 12.4. The van der Waals surface area contributed by atoms with Crippen molar-refractivity contribution in [1.82, 2.24) is 14.9 Å². The molecule has 3 rings (SSSR count). The largest absolute Gasteiger partial charge is 0.360 e. The van der Waals surface area contributed by atoms with Crippen molar-refractivity contribution in [1.29, 1.82) is 0 Å². The molecule has 1 amide bonds. The van der Waals surface area contributed by atoms with Gasteiger partial charge in [0.25, 0.3) is 5.56 Å². The van der Waals surface area contributed by atoms with Crippen molar-refractivity contribution >= 4 is 17.5 Å². The van der Waals surface area contributed by atoms with Gasteiger partial charge in [0.2, 0.25) is 5.91 Å². The van der Waals surface area contributed by atoms with Crippen LogP contribution in [0.1, 0.15) is 18.6 Å². The molecule has 1 N–H and O–H groups in total. The van der Waals surface area contributed by atoms with Crippen LogP contribution in [0.3, 0.4) is 0 Å². The van der Waals surface area contributed by atoms with Crippen molar-refractivity contribution in [2.24, 2.45) is 13.0 Å². The van der Waals surface area contributed by atoms with E-state index in [1.165, 1.54) is 10.7 Å². The fourth-order valence-electron chi connectivity index (χ4n) is 2.71. The van der Waals surface area contributed by atoms with Crippen molar-refractivity contribution in [2.75, 3.05) is 23.3 Å². The predicted octanol–water partition coefficient (Wildman–Crippen LogP) is 0.932. The van der Waals surface area contributed by atoms with Gasteiger partial charge in [-0.3, -0.25) is 9.59 Å². The van der Waals surface area contributed by atoms with Gasteiger partial charge in [0, 0.05) is 32.3 Å². The van der Waals surface area contributed by atoms with Gasteiger partial charge < -0.3 is 14.7 Å². The fourth-order valence-corrected chi connectivity index (χ4v) is 2.71. The maximum absolute atomic E-state index is 12.4. The average molecular weight is 317 g/mol. The van der Waals surface area contributed by atoms with Gasteiger partial charge in [-0.2, -0.15) is 5.10 Å². The number of nitrogens with one attached hydrogen (secondary N) is 1. The van der Waals surface area contributed by atoms with Gasteiger partial charge in [-0.1, -0.05) is 5.16 Å². The minimum atomic E-state index is -0.153. The molecule has 1 atom stereocenters. The van der Waals surface area contributed by atoms with E-state index < -0.39 is 0 Å². The Hall–Kier alpha value is -2.64. The van der Waals surface area contributed by atoms with Crippen LogP contribution in [0.5, 0.6) is 0 Å². The summed E-state index contributed by atoms with van der Waals surface area (Å²) in [5.74, 6) is 1.57. The Morgan fingerprint density at radius 3 is 2.96 bits per heavy atom. The molecule has 0 bridgehead atoms. The highest BCUT2D eigenvalue weighted by atomic mass is 16.5. The maximum Gasteiger partial charge on any atom is 0.266 e. The van der Waals surface area contributed by atoms with E-state index in [2.05, 4.69) is 15.6 Å². The summed E-state index contributed by atoms with van der Waals surface area (Å²) in [6, 6.07) is 4.88. The zero-order valence-corrected chi connectivity index (χ0v) is 13.2. The molecular weight excluding hydrogens is 298 g/mol. The smallest absolute Gasteiger partial charge is 0.266 e. The van der Waals surface area contributed by atoms with Crippen molar-refractivity contribution < 1.29 is 9.32 Å². The summed E-state index contributed by atoms with van der Waals surface area (Å²) in [4.78, 5) is 25.8. The third-order valence-electron chi connectivity index (χ3n) is 3.94. The monoisotopic (exact) mass is 317 g/mol. The van der Waals surface area contributed by atoms with E-state index in [-0.39, 0.29) is 17.4 Å². The van der Waals surface area contributed by atoms with E-state index in [0.29, 0.717) is 23.9 Å². The van der Waals surface area contributed by atoms with E-state index in [4.69, 9.17) is 4.52 Å². The van der Waals surface area contributed by atoms with Crippen LogP contribution in [0.15, 0.2) is 27.5 Å². The molecule has 0 aliphatic carbocycles. The van der Waals surface area contributed by atoms with E-state index in [0.717, 1.165) is 19.4 Å². The van der Waals surface area contributed by atoms with Gasteiger partial charge in [-0.15, -0.1) is 0 Å². The number of carbonyl (C=O) groups is 1. The van der Waals surface area contributed by atoms with Crippen molar-refractivity contribution in [3.63, 3.8) is 0 Å². The van der Waals surface area contributed by atoms with Crippen LogP contribution in [0.4, 0.5) is 11.6 Å². The third kappa shape index (κ3) is 3.41. The fraction of sp³-hybridized carbons (Fsp3) is 0.467. The van der Waals surface area contributed by atoms with Crippen LogP contribution in [0, 0.1) is 12.8 Å². The van der Waals surface area contributed by atoms with Gasteiger partial charge in [0.15, 0.2) is 5.82 Å². The molecule has 0 radical (unpaired) electrons. The van der Waals surface area contributed by atoms with Crippen molar-refractivity contribution in [3.05, 3.63) is 34.3 Å². The Morgan fingerprint density at radius 2 is 2.26 bits per heavy atom. The van der Waals surface area contributed by atoms with Crippen LogP contribution < -0.4 is 15.8 Å². The first kappa shape index (κ1) is 15.3. The van der Waals surface area contributed by atoms with Crippen LogP contribution in [0.2, 0.25) is 0 Å². The van der Waals surface area contributed by atoms with E-state index in [1.54, 1.807) is 26.1 Å². The SMILES string of the molecule is Cc1cc(NC(=O)C2CCCN(c3ccc(=O)n(C)n3)C2)no1. The van der Waals surface area contributed by atoms with Crippen LogP contribution in [-0.4, -0.2) is 33.9 Å². The summed E-state index contributed by atoms with van der Waals surface area (Å²) in [6.45, 7) is 3.16. The summed E-state index contributed by atoms with van der Waals surface area (Å²) < 4.78 is 6.25. The van der Waals surface area contributed by atoms with Gasteiger partial charge in [-0.05, 0) is 25.8 Å². The van der Waals surface area contributed by atoms with Gasteiger partial charge in [-0.25, -0.2) is 4.68 Å². The number of carbonyl (C=O) groups excluding carboxylic acids is 1. The summed E-state index contributed by atoms with van der Waals surface area (Å²) >= 11 is 0. The lowest BCUT2D eigenvalue weighted by Crippen LogP contribution is -2.41. The normalized spacial score (nSPS) is 18.0. The molecule has 1 fully saturated rings. The third-order valence-corrected chi connectivity index (χ3v) is 3.94. The van der Waals surface area contributed by atoms with Crippen LogP contribution in [0.25, 0.3) is 0 Å². The molecule has 122 valence electrons. The molecule has 3 heterocycles. The Morgan fingerprint density at radius 1 is 1.43 bits per heavy atom. The van der Waals surface area contributed by atoms with Crippen molar-refractivity contribution in [3.8, 4) is 0 Å². The highest BCUT2D eigenvalue weighted by Gasteiger charge is 2.27. The Kier molecular flexibility index (Phi) is 4.14. The minimum absolute atomic E-state index is 0.0761. The molecule has 0 aromatic carbocycles. The Labute approximate surface area is 133 Å². The molecule has 1 aliphatic rings. The molecule has 2 aromatic heterocycles. The lowest BCUT2D eigenvalue weighted by Gasteiger charge is -2.32. The summed E-state index contributed by atoms with van der Waals surface area (Å²) in [6.07, 6.45) is 1.70. The molecule has 23 heavy (non-hydrogen) atoms. The second-order valence-corrected chi connectivity index (χ2v) is 5.75. The first-order valence-electron chi connectivity index (χ1n) is 7.56. The number of aryl methyl sites for hydroxylation is 2. The summed E-state index contributed by atoms with van der Waals surface area (Å²) in [5.41, 5.74) is -0.151. The molecule has 8 nitrogen and oxygen atoms in total. The zero-order chi connectivity index (χ0) is 16.4. The molecular formula is C15H19N5O3. The van der Waals surface area contributed by atoms with Crippen LogP contribution in [-0.2, 0) is 11.8 Å². The molecule has 2 aromatic rings. The van der Waals surface area contributed by atoms with E-state index in [9.17, 15) is 9.59 Å². The minimum Gasteiger partial charge on any atom is -0.360 e. The van der Waals surface area contributed by atoms with Gasteiger partial charge in [0.05, 0.1) is 5.92 Å². The summed E-state index contributed by atoms with van der Waals surface area (Å²) in [5, 5.41) is 10.8. The predicted molar refractivity (Wildman–Crippen MR) is 84.3 cm³/mol. The average Bonchev–Trinajstić information content (AvgIpc) is 2.95. The summed E-state index contributed by atoms with van der Waals surface area (Å²) in [7, 11) is 1.62. The number of anilines is 2. The van der Waals surface area contributed by atoms with Crippen LogP contribution >= 0.6 is 0 Å². The molecule has 1 aliphatic heterocycles. The van der Waals surface area contributed by atoms with Gasteiger partial charge in [0.1, 0.15) is 11.6 Å². The second kappa shape index (κ2) is 6.23. The van der Waals surface area contributed by atoms with Gasteiger partial charge >= 0.3 is 0 Å². The molecule has 0 spiro atoms. The quantitative estimate of drug-likeness (QED) is 0.905. The highest BCUT2D eigenvalue weighted by Crippen LogP contribution is 2.22. The van der Waals surface area contributed by atoms with E-state index in [1.807, 2.05) is 4.90 Å².